The third-order valence-electron chi connectivity index (χ3n) is 10.6. The van der Waals surface area contributed by atoms with Crippen LogP contribution < -0.4 is 0 Å². The minimum Gasteiger partial charge on any atom is -0.393 e. The van der Waals surface area contributed by atoms with Crippen molar-refractivity contribution in [1.82, 2.24) is 0 Å². The predicted molar refractivity (Wildman–Crippen MR) is 116 cm³/mol. The second-order valence-electron chi connectivity index (χ2n) is 12.2. The van der Waals surface area contributed by atoms with E-state index in [-0.39, 0.29) is 24.9 Å². The van der Waals surface area contributed by atoms with Crippen molar-refractivity contribution in [3.05, 3.63) is 0 Å². The maximum atomic E-state index is 13.4. The van der Waals surface area contributed by atoms with E-state index in [2.05, 4.69) is 13.8 Å². The Morgan fingerprint density at radius 2 is 1.61 bits per heavy atom. The number of halogens is 3. The zero-order valence-electron chi connectivity index (χ0n) is 19.6. The Labute approximate surface area is 186 Å². The molecule has 4 saturated carbocycles. The lowest BCUT2D eigenvalue weighted by molar-refractivity contribution is -0.282. The number of aliphatic hydroxyl groups is 2. The van der Waals surface area contributed by atoms with Gasteiger partial charge in [0.2, 0.25) is 0 Å². The Kier molecular flexibility index (Phi) is 6.53. The number of aliphatic hydroxyl groups excluding tert-OH is 1. The van der Waals surface area contributed by atoms with Crippen molar-refractivity contribution in [3.8, 4) is 0 Å². The van der Waals surface area contributed by atoms with Crippen molar-refractivity contribution >= 4 is 0 Å². The maximum absolute atomic E-state index is 13.4. The summed E-state index contributed by atoms with van der Waals surface area (Å²) in [6.45, 7) is 6.80. The van der Waals surface area contributed by atoms with E-state index in [1.165, 1.54) is 32.1 Å². The molecule has 2 N–H and O–H groups in total. The molecule has 0 unspecified atom stereocenters. The highest BCUT2D eigenvalue weighted by atomic mass is 19.4. The van der Waals surface area contributed by atoms with Gasteiger partial charge in [-0.15, -0.1) is 0 Å². The Morgan fingerprint density at radius 1 is 0.903 bits per heavy atom. The summed E-state index contributed by atoms with van der Waals surface area (Å²) in [6, 6.07) is 0. The van der Waals surface area contributed by atoms with E-state index in [4.69, 9.17) is 0 Å². The molecule has 4 aliphatic carbocycles. The van der Waals surface area contributed by atoms with Crippen LogP contribution in [0.1, 0.15) is 97.8 Å². The van der Waals surface area contributed by atoms with Gasteiger partial charge in [0.25, 0.3) is 0 Å². The van der Waals surface area contributed by atoms with Crippen molar-refractivity contribution in [2.75, 3.05) is 0 Å². The van der Waals surface area contributed by atoms with E-state index >= 15 is 0 Å². The van der Waals surface area contributed by atoms with E-state index in [9.17, 15) is 23.4 Å². The van der Waals surface area contributed by atoms with E-state index in [0.717, 1.165) is 37.5 Å². The Balaban J connectivity index is 1.42. The van der Waals surface area contributed by atoms with Gasteiger partial charge in [0, 0.05) is 0 Å². The predicted octanol–water partition coefficient (Wildman–Crippen LogP) is 6.74. The van der Waals surface area contributed by atoms with Gasteiger partial charge in [-0.25, -0.2) is 0 Å². The van der Waals surface area contributed by atoms with Crippen molar-refractivity contribution in [1.29, 1.82) is 0 Å². The molecule has 4 fully saturated rings. The zero-order valence-corrected chi connectivity index (χ0v) is 19.6. The van der Waals surface area contributed by atoms with Crippen LogP contribution in [0, 0.1) is 46.8 Å². The molecule has 0 heterocycles. The molecule has 4 aliphatic rings. The summed E-state index contributed by atoms with van der Waals surface area (Å²) in [4.78, 5) is 0. The van der Waals surface area contributed by atoms with Crippen molar-refractivity contribution in [2.45, 2.75) is 116 Å². The number of rotatable bonds is 5. The van der Waals surface area contributed by atoms with Crippen LogP contribution in [0.2, 0.25) is 0 Å². The summed E-state index contributed by atoms with van der Waals surface area (Å²) in [5.74, 6) is 3.81. The van der Waals surface area contributed by atoms with E-state index in [1.54, 1.807) is 0 Å². The molecule has 0 spiro atoms. The summed E-state index contributed by atoms with van der Waals surface area (Å²) in [5, 5.41) is 19.9. The zero-order chi connectivity index (χ0) is 22.6. The maximum Gasteiger partial charge on any atom is 0.417 e. The summed E-state index contributed by atoms with van der Waals surface area (Å²) in [7, 11) is 0. The second kappa shape index (κ2) is 8.49. The Morgan fingerprint density at radius 3 is 2.29 bits per heavy atom. The SMILES string of the molecule is C[C@H](O)CCC[C@@H](C)[C@H]1CC[C@H]2[C@@H]3CC[C@H]4C[C@](O)(C(F)(F)F)CC[C@@H]4[C@H]3CC[C@]12C. The van der Waals surface area contributed by atoms with Gasteiger partial charge in [0.05, 0.1) is 6.10 Å². The molecule has 0 aromatic carbocycles. The first kappa shape index (κ1) is 23.9. The highest BCUT2D eigenvalue weighted by molar-refractivity contribution is 5.08. The minimum absolute atomic E-state index is 0.0441. The molecule has 0 aromatic heterocycles. The molecule has 5 heteroatoms. The number of hydrogen-bond acceptors (Lipinski definition) is 2. The van der Waals surface area contributed by atoms with Crippen LogP contribution in [-0.4, -0.2) is 28.1 Å². The average Bonchev–Trinajstić information content (AvgIpc) is 3.03. The topological polar surface area (TPSA) is 40.5 Å². The Hall–Kier alpha value is -0.290. The Bertz CT molecular complexity index is 635. The van der Waals surface area contributed by atoms with Crippen LogP contribution in [0.15, 0.2) is 0 Å². The van der Waals surface area contributed by atoms with Crippen LogP contribution in [0.5, 0.6) is 0 Å². The van der Waals surface area contributed by atoms with E-state index in [1.807, 2.05) is 6.92 Å². The molecule has 2 nitrogen and oxygen atoms in total. The first-order chi connectivity index (χ1) is 14.5. The molecule has 0 aromatic rings. The summed E-state index contributed by atoms with van der Waals surface area (Å²) >= 11 is 0. The first-order valence-corrected chi connectivity index (χ1v) is 12.9. The van der Waals surface area contributed by atoms with Gasteiger partial charge in [-0.05, 0) is 118 Å². The molecule has 0 radical (unpaired) electrons. The third kappa shape index (κ3) is 4.20. The molecule has 0 amide bonds. The van der Waals surface area contributed by atoms with Crippen molar-refractivity contribution < 1.29 is 23.4 Å². The summed E-state index contributed by atoms with van der Waals surface area (Å²) in [5.41, 5.74) is -2.08. The first-order valence-electron chi connectivity index (χ1n) is 12.9. The quantitative estimate of drug-likeness (QED) is 0.493. The number of fused-ring (bicyclic) bond motifs is 5. The molecule has 0 saturated heterocycles. The minimum atomic E-state index is -4.50. The van der Waals surface area contributed by atoms with Gasteiger partial charge in [-0.1, -0.05) is 26.7 Å². The van der Waals surface area contributed by atoms with Crippen LogP contribution in [-0.2, 0) is 0 Å². The number of hydrogen-bond donors (Lipinski definition) is 2. The van der Waals surface area contributed by atoms with Gasteiger partial charge in [-0.3, -0.25) is 0 Å². The third-order valence-corrected chi connectivity index (χ3v) is 10.6. The highest BCUT2D eigenvalue weighted by Crippen LogP contribution is 2.66. The average molecular weight is 445 g/mol. The lowest BCUT2D eigenvalue weighted by Gasteiger charge is -2.57. The van der Waals surface area contributed by atoms with Crippen LogP contribution in [0.25, 0.3) is 0 Å². The highest BCUT2D eigenvalue weighted by Gasteiger charge is 2.61. The van der Waals surface area contributed by atoms with E-state index < -0.39 is 11.8 Å². The standard InChI is InChI=1S/C26H43F3O2/c1-16(5-4-6-17(2)30)22-9-10-23-21-8-7-18-15-25(31,26(27,28)29)14-12-19(18)20(21)11-13-24(22,23)3/h16-23,30-31H,4-15H2,1-3H3/t16-,17+,18+,19+,20-,21-,22-,23+,24-,25+/m1/s1. The second-order valence-corrected chi connectivity index (χ2v) is 12.2. The molecule has 180 valence electrons. The largest absolute Gasteiger partial charge is 0.417 e. The molecule has 4 rings (SSSR count). The van der Waals surface area contributed by atoms with Crippen LogP contribution in [0.4, 0.5) is 13.2 Å². The molecular formula is C26H43F3O2. The molecule has 0 bridgehead atoms. The monoisotopic (exact) mass is 444 g/mol. The van der Waals surface area contributed by atoms with Crippen LogP contribution in [0.3, 0.4) is 0 Å². The van der Waals surface area contributed by atoms with Crippen molar-refractivity contribution in [3.63, 3.8) is 0 Å². The van der Waals surface area contributed by atoms with Gasteiger partial charge >= 0.3 is 6.18 Å². The van der Waals surface area contributed by atoms with Gasteiger partial charge < -0.3 is 10.2 Å². The molecule has 31 heavy (non-hydrogen) atoms. The number of alkyl halides is 3. The smallest absolute Gasteiger partial charge is 0.393 e. The fourth-order valence-corrected chi connectivity index (χ4v) is 9.05. The molecule has 10 atom stereocenters. The molecular weight excluding hydrogens is 401 g/mol. The van der Waals surface area contributed by atoms with Gasteiger partial charge in [0.15, 0.2) is 5.60 Å². The molecule has 0 aliphatic heterocycles. The van der Waals surface area contributed by atoms with Crippen LogP contribution >= 0.6 is 0 Å². The summed E-state index contributed by atoms with van der Waals surface area (Å²) in [6.07, 6.45) is 5.71. The van der Waals surface area contributed by atoms with Crippen molar-refractivity contribution in [2.24, 2.45) is 46.8 Å². The van der Waals surface area contributed by atoms with Gasteiger partial charge in [-0.2, -0.15) is 13.2 Å². The summed E-state index contributed by atoms with van der Waals surface area (Å²) < 4.78 is 40.3. The van der Waals surface area contributed by atoms with Gasteiger partial charge in [0.1, 0.15) is 0 Å². The fraction of sp³-hybridized carbons (Fsp3) is 1.00. The lowest BCUT2D eigenvalue weighted by atomic mass is 9.48. The van der Waals surface area contributed by atoms with E-state index in [0.29, 0.717) is 35.5 Å². The lowest BCUT2D eigenvalue weighted by Crippen LogP contribution is -2.55. The fourth-order valence-electron chi connectivity index (χ4n) is 9.05. The normalized spacial score (nSPS) is 47.2.